The highest BCUT2D eigenvalue weighted by atomic mass is 35.5. The van der Waals surface area contributed by atoms with Crippen molar-refractivity contribution in [2.45, 2.75) is 38.0 Å². The van der Waals surface area contributed by atoms with Crippen LogP contribution in [0.4, 0.5) is 0 Å². The summed E-state index contributed by atoms with van der Waals surface area (Å²) in [5.41, 5.74) is 2.86. The van der Waals surface area contributed by atoms with Gasteiger partial charge in [0, 0.05) is 10.0 Å². The number of rotatable bonds is 7. The van der Waals surface area contributed by atoms with E-state index in [1.807, 2.05) is 65.6 Å². The molecule has 1 heterocycles. The summed E-state index contributed by atoms with van der Waals surface area (Å²) in [6.07, 6.45) is 2.45. The van der Waals surface area contributed by atoms with E-state index in [0.29, 0.717) is 29.6 Å². The second kappa shape index (κ2) is 10.4. The number of hydrogen-bond donors (Lipinski definition) is 1. The van der Waals surface area contributed by atoms with Crippen LogP contribution in [-0.4, -0.2) is 28.6 Å². The van der Waals surface area contributed by atoms with Crippen molar-refractivity contribution < 1.29 is 14.6 Å². The monoisotopic (exact) mass is 469 g/mol. The smallest absolute Gasteiger partial charge is 0.320 e. The Morgan fingerprint density at radius 1 is 1.03 bits per heavy atom. The molecule has 32 heavy (non-hydrogen) atoms. The van der Waals surface area contributed by atoms with Crippen LogP contribution in [0.15, 0.2) is 72.8 Å². The third kappa shape index (κ3) is 5.26. The van der Waals surface area contributed by atoms with Crippen LogP contribution in [0.25, 0.3) is 0 Å². The van der Waals surface area contributed by atoms with Gasteiger partial charge in [-0.2, -0.15) is 0 Å². The molecule has 1 aliphatic heterocycles. The summed E-state index contributed by atoms with van der Waals surface area (Å²) in [5, 5.41) is 11.0. The van der Waals surface area contributed by atoms with Gasteiger partial charge in [-0.15, -0.1) is 0 Å². The Bertz CT molecular complexity index is 1070. The lowest BCUT2D eigenvalue weighted by Gasteiger charge is -2.40. The third-order valence-electron chi connectivity index (χ3n) is 5.84. The number of hydrogen-bond acceptors (Lipinski definition) is 3. The van der Waals surface area contributed by atoms with Gasteiger partial charge >= 0.3 is 5.97 Å². The van der Waals surface area contributed by atoms with Crippen molar-refractivity contribution in [3.05, 3.63) is 99.5 Å². The number of piperidine rings is 1. The fraction of sp³-hybridized carbons (Fsp3) is 0.269. The topological polar surface area (TPSA) is 49.8 Å². The molecule has 2 unspecified atom stereocenters. The molecule has 0 spiro atoms. The van der Waals surface area contributed by atoms with Crippen molar-refractivity contribution in [2.24, 2.45) is 0 Å². The van der Waals surface area contributed by atoms with E-state index in [1.165, 1.54) is 0 Å². The Hall–Kier alpha value is -2.53. The first-order valence-electron chi connectivity index (χ1n) is 10.7. The number of ether oxygens (including phenoxy) is 1. The molecular formula is C26H25Cl2NO3. The van der Waals surface area contributed by atoms with E-state index in [1.54, 1.807) is 12.1 Å². The van der Waals surface area contributed by atoms with E-state index in [4.69, 9.17) is 27.9 Å². The second-order valence-corrected chi connectivity index (χ2v) is 8.85. The molecule has 6 heteroatoms. The molecule has 0 aliphatic carbocycles. The minimum atomic E-state index is -0.809. The molecule has 0 bridgehead atoms. The van der Waals surface area contributed by atoms with Gasteiger partial charge < -0.3 is 9.84 Å². The molecule has 1 aliphatic rings. The summed E-state index contributed by atoms with van der Waals surface area (Å²) in [5.74, 6) is -0.0819. The second-order valence-electron chi connectivity index (χ2n) is 8.00. The Balaban J connectivity index is 1.70. The van der Waals surface area contributed by atoms with E-state index in [2.05, 4.69) is 0 Å². The van der Waals surface area contributed by atoms with Crippen molar-refractivity contribution >= 4 is 29.2 Å². The fourth-order valence-corrected chi connectivity index (χ4v) is 4.83. The zero-order valence-electron chi connectivity index (χ0n) is 17.6. The van der Waals surface area contributed by atoms with Crippen molar-refractivity contribution in [2.75, 3.05) is 6.54 Å². The van der Waals surface area contributed by atoms with Crippen LogP contribution in [0, 0.1) is 0 Å². The van der Waals surface area contributed by atoms with Gasteiger partial charge in [-0.1, -0.05) is 78.2 Å². The zero-order chi connectivity index (χ0) is 22.5. The summed E-state index contributed by atoms with van der Waals surface area (Å²) in [6.45, 7) is 1.13. The predicted molar refractivity (Wildman–Crippen MR) is 128 cm³/mol. The summed E-state index contributed by atoms with van der Waals surface area (Å²) < 4.78 is 6.04. The number of carboxylic acid groups (broad SMARTS) is 1. The highest BCUT2D eigenvalue weighted by molar-refractivity contribution is 6.35. The average Bonchev–Trinajstić information content (AvgIpc) is 2.80. The Morgan fingerprint density at radius 2 is 1.84 bits per heavy atom. The van der Waals surface area contributed by atoms with Gasteiger partial charge in [-0.3, -0.25) is 9.69 Å². The van der Waals surface area contributed by atoms with Gasteiger partial charge in [0.2, 0.25) is 0 Å². The molecule has 3 aromatic carbocycles. The van der Waals surface area contributed by atoms with Crippen LogP contribution >= 0.6 is 23.2 Å². The number of aliphatic carboxylic acids is 1. The normalized spacial score (nSPS) is 17.6. The van der Waals surface area contributed by atoms with Crippen molar-refractivity contribution in [1.82, 2.24) is 4.90 Å². The maximum atomic E-state index is 12.1. The first-order valence-corrected chi connectivity index (χ1v) is 11.5. The number of nitrogens with zero attached hydrogens (tertiary/aromatic N) is 1. The minimum Gasteiger partial charge on any atom is -0.489 e. The summed E-state index contributed by atoms with van der Waals surface area (Å²) >= 11 is 12.8. The number of carbonyl (C=O) groups is 1. The van der Waals surface area contributed by atoms with Crippen LogP contribution < -0.4 is 4.74 Å². The van der Waals surface area contributed by atoms with Gasteiger partial charge in [0.1, 0.15) is 18.4 Å². The molecule has 3 aromatic rings. The number of likely N-dealkylation sites (tertiary alicyclic amines) is 1. The van der Waals surface area contributed by atoms with E-state index in [0.717, 1.165) is 35.3 Å². The molecule has 0 saturated carbocycles. The van der Waals surface area contributed by atoms with Crippen LogP contribution in [0.1, 0.15) is 42.0 Å². The molecular weight excluding hydrogens is 445 g/mol. The van der Waals surface area contributed by atoms with Gasteiger partial charge in [0.25, 0.3) is 0 Å². The summed E-state index contributed by atoms with van der Waals surface area (Å²) in [7, 11) is 0. The standard InChI is InChI=1S/C26H25Cl2NO3/c27-20-12-13-22(23(28)16-20)25(29-14-5-4-11-24(29)26(30)31)19-9-6-10-21(15-19)32-17-18-7-2-1-3-8-18/h1-3,6-10,12-13,15-16,24-25H,4-5,11,14,17H2,(H,30,31). The first-order chi connectivity index (χ1) is 15.5. The van der Waals surface area contributed by atoms with Gasteiger partial charge in [-0.05, 0) is 60.3 Å². The average molecular weight is 470 g/mol. The lowest BCUT2D eigenvalue weighted by atomic mass is 9.91. The third-order valence-corrected chi connectivity index (χ3v) is 6.40. The highest BCUT2D eigenvalue weighted by Gasteiger charge is 2.36. The van der Waals surface area contributed by atoms with E-state index in [9.17, 15) is 9.90 Å². The van der Waals surface area contributed by atoms with Gasteiger partial charge in [0.05, 0.1) is 6.04 Å². The van der Waals surface area contributed by atoms with E-state index >= 15 is 0 Å². The number of halogens is 2. The summed E-state index contributed by atoms with van der Waals surface area (Å²) in [6, 6.07) is 22.3. The lowest BCUT2D eigenvalue weighted by molar-refractivity contribution is -0.145. The molecule has 1 N–H and O–H groups in total. The Labute approximate surface area is 198 Å². The maximum absolute atomic E-state index is 12.1. The first kappa shape index (κ1) is 22.7. The van der Waals surface area contributed by atoms with Gasteiger partial charge in [0.15, 0.2) is 0 Å². The summed E-state index contributed by atoms with van der Waals surface area (Å²) in [4.78, 5) is 14.1. The van der Waals surface area contributed by atoms with Crippen LogP contribution in [0.5, 0.6) is 5.75 Å². The number of carboxylic acids is 1. The quantitative estimate of drug-likeness (QED) is 0.423. The predicted octanol–water partition coefficient (Wildman–Crippen LogP) is 6.60. The number of benzene rings is 3. The molecule has 0 aromatic heterocycles. The molecule has 1 fully saturated rings. The Kier molecular flexibility index (Phi) is 7.36. The van der Waals surface area contributed by atoms with Gasteiger partial charge in [-0.25, -0.2) is 0 Å². The highest BCUT2D eigenvalue weighted by Crippen LogP contribution is 2.39. The van der Waals surface area contributed by atoms with Crippen molar-refractivity contribution in [3.8, 4) is 5.75 Å². The largest absolute Gasteiger partial charge is 0.489 e. The zero-order valence-corrected chi connectivity index (χ0v) is 19.1. The van der Waals surface area contributed by atoms with E-state index in [-0.39, 0.29) is 6.04 Å². The molecule has 166 valence electrons. The Morgan fingerprint density at radius 3 is 2.59 bits per heavy atom. The maximum Gasteiger partial charge on any atom is 0.320 e. The fourth-order valence-electron chi connectivity index (χ4n) is 4.32. The minimum absolute atomic E-state index is 0.318. The molecule has 4 rings (SSSR count). The van der Waals surface area contributed by atoms with Crippen molar-refractivity contribution in [1.29, 1.82) is 0 Å². The SMILES string of the molecule is O=C(O)C1CCCCN1C(c1cccc(OCc2ccccc2)c1)c1ccc(Cl)cc1Cl. The van der Waals surface area contributed by atoms with Crippen LogP contribution in [-0.2, 0) is 11.4 Å². The molecule has 2 atom stereocenters. The lowest BCUT2D eigenvalue weighted by Crippen LogP contribution is -2.46. The van der Waals surface area contributed by atoms with E-state index < -0.39 is 12.0 Å². The van der Waals surface area contributed by atoms with Crippen LogP contribution in [0.2, 0.25) is 10.0 Å². The molecule has 4 nitrogen and oxygen atoms in total. The van der Waals surface area contributed by atoms with Crippen LogP contribution in [0.3, 0.4) is 0 Å². The van der Waals surface area contributed by atoms with Crippen molar-refractivity contribution in [3.63, 3.8) is 0 Å². The molecule has 1 saturated heterocycles. The molecule has 0 radical (unpaired) electrons. The molecule has 0 amide bonds.